The van der Waals surface area contributed by atoms with Crippen LogP contribution in [0.2, 0.25) is 0 Å². The van der Waals surface area contributed by atoms with Crippen LogP contribution in [0.15, 0.2) is 0 Å². The van der Waals surface area contributed by atoms with Crippen molar-refractivity contribution < 1.29 is 29.2 Å². The zero-order chi connectivity index (χ0) is 13.5. The van der Waals surface area contributed by atoms with Crippen molar-refractivity contribution in [2.24, 2.45) is 0 Å². The summed E-state index contributed by atoms with van der Waals surface area (Å²) in [6.07, 6.45) is -1.17. The van der Waals surface area contributed by atoms with Crippen LogP contribution in [0.4, 0.5) is 0 Å². The lowest BCUT2D eigenvalue weighted by atomic mass is 10.1. The first-order valence-corrected chi connectivity index (χ1v) is 6.30. The number of aliphatic hydroxyl groups is 2. The first kappa shape index (κ1) is 15.4. The molecule has 0 bridgehead atoms. The Morgan fingerprint density at radius 2 is 2.28 bits per heavy atom. The normalized spacial score (nSPS) is 29.2. The average molecular weight is 262 g/mol. The van der Waals surface area contributed by atoms with Crippen molar-refractivity contribution in [3.05, 3.63) is 0 Å². The molecule has 1 fully saturated rings. The van der Waals surface area contributed by atoms with E-state index in [-0.39, 0.29) is 31.7 Å². The highest BCUT2D eigenvalue weighted by atomic mass is 16.6. The number of aliphatic hydroxyl groups excluding tert-OH is 2. The Morgan fingerprint density at radius 3 is 2.89 bits per heavy atom. The fourth-order valence-corrected chi connectivity index (χ4v) is 1.89. The van der Waals surface area contributed by atoms with Crippen molar-refractivity contribution >= 4 is 5.97 Å². The van der Waals surface area contributed by atoms with Gasteiger partial charge in [0, 0.05) is 6.42 Å². The van der Waals surface area contributed by atoms with Crippen LogP contribution in [-0.4, -0.2) is 60.4 Å². The second kappa shape index (κ2) is 7.68. The summed E-state index contributed by atoms with van der Waals surface area (Å²) in [7, 11) is 0. The average Bonchev–Trinajstić information content (AvgIpc) is 2.68. The molecule has 0 aromatic rings. The van der Waals surface area contributed by atoms with Crippen LogP contribution in [0.1, 0.15) is 26.7 Å². The fourth-order valence-electron chi connectivity index (χ4n) is 1.89. The molecule has 1 heterocycles. The van der Waals surface area contributed by atoms with Gasteiger partial charge in [0.1, 0.15) is 18.3 Å². The molecule has 0 spiro atoms. The summed E-state index contributed by atoms with van der Waals surface area (Å²) in [5.74, 6) is -0.255. The van der Waals surface area contributed by atoms with Gasteiger partial charge in [0.2, 0.25) is 0 Å². The molecule has 18 heavy (non-hydrogen) atoms. The molecular formula is C12H22O6. The molecule has 1 rings (SSSR count). The number of carbonyl (C=O) groups is 1. The van der Waals surface area contributed by atoms with Gasteiger partial charge in [-0.25, -0.2) is 0 Å². The van der Waals surface area contributed by atoms with E-state index in [1.165, 1.54) is 0 Å². The summed E-state index contributed by atoms with van der Waals surface area (Å²) in [6.45, 7) is 3.93. The predicted octanol–water partition coefficient (Wildman–Crippen LogP) is -0.145. The number of esters is 1. The Balaban J connectivity index is 2.30. The molecule has 0 aromatic carbocycles. The smallest absolute Gasteiger partial charge is 0.305 e. The molecule has 2 N–H and O–H groups in total. The Morgan fingerprint density at radius 1 is 1.56 bits per heavy atom. The van der Waals surface area contributed by atoms with Gasteiger partial charge in [-0.05, 0) is 20.3 Å². The highest BCUT2D eigenvalue weighted by molar-refractivity contribution is 5.69. The van der Waals surface area contributed by atoms with E-state index in [1.54, 1.807) is 6.92 Å². The van der Waals surface area contributed by atoms with Crippen molar-refractivity contribution in [2.75, 3.05) is 19.8 Å². The zero-order valence-corrected chi connectivity index (χ0v) is 10.9. The largest absolute Gasteiger partial charge is 0.466 e. The van der Waals surface area contributed by atoms with E-state index in [9.17, 15) is 9.90 Å². The summed E-state index contributed by atoms with van der Waals surface area (Å²) in [5.41, 5.74) is 0. The highest BCUT2D eigenvalue weighted by Crippen LogP contribution is 2.20. The highest BCUT2D eigenvalue weighted by Gasteiger charge is 2.37. The second-order valence-corrected chi connectivity index (χ2v) is 4.38. The Bertz CT molecular complexity index is 257. The molecule has 1 saturated heterocycles. The summed E-state index contributed by atoms with van der Waals surface area (Å²) in [6, 6.07) is 0. The van der Waals surface area contributed by atoms with Crippen LogP contribution in [0, 0.1) is 0 Å². The van der Waals surface area contributed by atoms with Crippen molar-refractivity contribution in [3.8, 4) is 0 Å². The number of carbonyl (C=O) groups excluding carboxylic acids is 1. The lowest BCUT2D eigenvalue weighted by Crippen LogP contribution is -2.37. The lowest BCUT2D eigenvalue weighted by Gasteiger charge is -2.23. The fraction of sp³-hybridized carbons (Fsp3) is 0.917. The first-order valence-electron chi connectivity index (χ1n) is 6.30. The standard InChI is InChI=1S/C12H22O6/c1-3-16-11(15)5-4-8(2)18-12-9(14)7-17-10(12)6-13/h8-10,12-14H,3-7H2,1-2H3/t8-,9+,10-,12-/m1/s1. The first-order chi connectivity index (χ1) is 8.58. The van der Waals surface area contributed by atoms with E-state index in [4.69, 9.17) is 19.3 Å². The van der Waals surface area contributed by atoms with E-state index in [0.717, 1.165) is 0 Å². The molecular weight excluding hydrogens is 240 g/mol. The maximum Gasteiger partial charge on any atom is 0.305 e. The van der Waals surface area contributed by atoms with Crippen molar-refractivity contribution in [3.63, 3.8) is 0 Å². The van der Waals surface area contributed by atoms with Crippen LogP contribution < -0.4 is 0 Å². The molecule has 4 atom stereocenters. The SMILES string of the molecule is CCOC(=O)CC[C@@H](C)O[C@@H]1[C@@H](O)CO[C@@H]1CO. The molecule has 0 amide bonds. The van der Waals surface area contributed by atoms with Crippen LogP contribution in [0.5, 0.6) is 0 Å². The minimum absolute atomic E-state index is 0.167. The van der Waals surface area contributed by atoms with Gasteiger partial charge < -0.3 is 24.4 Å². The van der Waals surface area contributed by atoms with Gasteiger partial charge in [0.25, 0.3) is 0 Å². The predicted molar refractivity (Wildman–Crippen MR) is 63.0 cm³/mol. The Kier molecular flexibility index (Phi) is 6.56. The molecule has 6 nitrogen and oxygen atoms in total. The molecule has 0 unspecified atom stereocenters. The molecule has 1 aliphatic rings. The third kappa shape index (κ3) is 4.53. The van der Waals surface area contributed by atoms with E-state index in [0.29, 0.717) is 13.0 Å². The Hall–Kier alpha value is -0.690. The van der Waals surface area contributed by atoms with Gasteiger partial charge in [0.05, 0.1) is 25.9 Å². The number of hydrogen-bond acceptors (Lipinski definition) is 6. The van der Waals surface area contributed by atoms with E-state index in [2.05, 4.69) is 0 Å². The van der Waals surface area contributed by atoms with Crippen LogP contribution >= 0.6 is 0 Å². The maximum absolute atomic E-state index is 11.2. The van der Waals surface area contributed by atoms with E-state index >= 15 is 0 Å². The number of ether oxygens (including phenoxy) is 3. The molecule has 106 valence electrons. The van der Waals surface area contributed by atoms with E-state index < -0.39 is 18.3 Å². The van der Waals surface area contributed by atoms with Gasteiger partial charge >= 0.3 is 5.97 Å². The van der Waals surface area contributed by atoms with Crippen LogP contribution in [0.3, 0.4) is 0 Å². The quantitative estimate of drug-likeness (QED) is 0.621. The van der Waals surface area contributed by atoms with Gasteiger partial charge in [-0.2, -0.15) is 0 Å². The van der Waals surface area contributed by atoms with Crippen LogP contribution in [-0.2, 0) is 19.0 Å². The molecule has 6 heteroatoms. The molecule has 0 aliphatic carbocycles. The lowest BCUT2D eigenvalue weighted by molar-refractivity contribution is -0.144. The molecule has 0 saturated carbocycles. The van der Waals surface area contributed by atoms with Gasteiger partial charge in [-0.3, -0.25) is 4.79 Å². The summed E-state index contributed by atoms with van der Waals surface area (Å²) >= 11 is 0. The minimum atomic E-state index is -0.729. The monoisotopic (exact) mass is 262 g/mol. The summed E-state index contributed by atoms with van der Waals surface area (Å²) < 4.78 is 15.6. The van der Waals surface area contributed by atoms with Gasteiger partial charge in [0.15, 0.2) is 0 Å². The summed E-state index contributed by atoms with van der Waals surface area (Å²) in [4.78, 5) is 11.2. The Labute approximate surface area is 107 Å². The third-order valence-electron chi connectivity index (χ3n) is 2.86. The minimum Gasteiger partial charge on any atom is -0.466 e. The molecule has 1 aliphatic heterocycles. The van der Waals surface area contributed by atoms with Gasteiger partial charge in [-0.15, -0.1) is 0 Å². The van der Waals surface area contributed by atoms with Gasteiger partial charge in [-0.1, -0.05) is 0 Å². The molecule has 0 aromatic heterocycles. The second-order valence-electron chi connectivity index (χ2n) is 4.38. The summed E-state index contributed by atoms with van der Waals surface area (Å²) in [5, 5.41) is 18.7. The van der Waals surface area contributed by atoms with Crippen molar-refractivity contribution in [1.82, 2.24) is 0 Å². The molecule has 0 radical (unpaired) electrons. The van der Waals surface area contributed by atoms with Crippen molar-refractivity contribution in [1.29, 1.82) is 0 Å². The number of hydrogen-bond donors (Lipinski definition) is 2. The van der Waals surface area contributed by atoms with Crippen LogP contribution in [0.25, 0.3) is 0 Å². The third-order valence-corrected chi connectivity index (χ3v) is 2.86. The maximum atomic E-state index is 11.2. The van der Waals surface area contributed by atoms with E-state index in [1.807, 2.05) is 6.92 Å². The van der Waals surface area contributed by atoms with Crippen molar-refractivity contribution in [2.45, 2.75) is 51.1 Å². The zero-order valence-electron chi connectivity index (χ0n) is 10.9. The topological polar surface area (TPSA) is 85.2 Å². The number of rotatable bonds is 7.